The first-order chi connectivity index (χ1) is 16.0. The van der Waals surface area contributed by atoms with E-state index in [1.54, 1.807) is 30.1 Å². The minimum absolute atomic E-state index is 0.0459. The molecule has 3 aromatic heterocycles. The zero-order valence-electron chi connectivity index (χ0n) is 18.6. The maximum atomic E-state index is 13.5. The van der Waals surface area contributed by atoms with E-state index in [2.05, 4.69) is 25.6 Å². The van der Waals surface area contributed by atoms with Crippen molar-refractivity contribution in [1.29, 1.82) is 0 Å². The number of carbonyl (C=O) groups is 1. The number of hydrogen-bond donors (Lipinski definition) is 3. The summed E-state index contributed by atoms with van der Waals surface area (Å²) < 4.78 is 52.9. The lowest BCUT2D eigenvalue weighted by molar-refractivity contribution is -0.218. The summed E-state index contributed by atoms with van der Waals surface area (Å²) >= 11 is 0. The van der Waals surface area contributed by atoms with E-state index in [0.717, 1.165) is 19.5 Å². The van der Waals surface area contributed by atoms with E-state index < -0.39 is 30.0 Å². The van der Waals surface area contributed by atoms with Crippen molar-refractivity contribution in [3.8, 4) is 0 Å². The number of methoxy groups -OCH3 is 1. The summed E-state index contributed by atoms with van der Waals surface area (Å²) in [6, 6.07) is 2.49. The van der Waals surface area contributed by atoms with Gasteiger partial charge in [-0.2, -0.15) is 23.4 Å². The lowest BCUT2D eigenvalue weighted by Crippen LogP contribution is -2.60. The third-order valence-electron chi connectivity index (χ3n) is 5.77. The van der Waals surface area contributed by atoms with Crippen molar-refractivity contribution in [3.63, 3.8) is 0 Å². The molecule has 1 saturated heterocycles. The molecule has 2 unspecified atom stereocenters. The maximum Gasteiger partial charge on any atom is 0.411 e. The second kappa shape index (κ2) is 8.76. The van der Waals surface area contributed by atoms with Crippen molar-refractivity contribution in [2.75, 3.05) is 19.0 Å². The van der Waals surface area contributed by atoms with Gasteiger partial charge in [-0.05, 0) is 19.9 Å². The van der Waals surface area contributed by atoms with Gasteiger partial charge in [0.2, 0.25) is 0 Å². The Kier molecular flexibility index (Phi) is 6.12. The highest BCUT2D eigenvalue weighted by atomic mass is 19.4. The van der Waals surface area contributed by atoms with Crippen LogP contribution in [-0.2, 0) is 16.1 Å². The Labute approximate surface area is 191 Å². The highest BCUT2D eigenvalue weighted by Gasteiger charge is 2.56. The fourth-order valence-corrected chi connectivity index (χ4v) is 3.97. The van der Waals surface area contributed by atoms with Crippen molar-refractivity contribution < 1.29 is 32.5 Å². The van der Waals surface area contributed by atoms with Crippen LogP contribution in [0.4, 0.5) is 29.6 Å². The van der Waals surface area contributed by atoms with Crippen molar-refractivity contribution in [1.82, 2.24) is 29.7 Å². The summed E-state index contributed by atoms with van der Waals surface area (Å²) in [4.78, 5) is 16.4. The second-order valence-electron chi connectivity index (χ2n) is 8.43. The number of ether oxygens (including phenoxy) is 2. The average Bonchev–Trinajstić information content (AvgIpc) is 3.46. The summed E-state index contributed by atoms with van der Waals surface area (Å²) in [5.41, 5.74) is -0.653. The van der Waals surface area contributed by atoms with E-state index in [0.29, 0.717) is 34.4 Å². The van der Waals surface area contributed by atoms with Crippen LogP contribution in [0.1, 0.15) is 37.8 Å². The molecule has 4 rings (SSSR count). The second-order valence-corrected chi connectivity index (χ2v) is 8.43. The number of amides is 1. The van der Waals surface area contributed by atoms with Crippen LogP contribution in [0.5, 0.6) is 0 Å². The molecule has 11 nitrogen and oxygen atoms in total. The summed E-state index contributed by atoms with van der Waals surface area (Å²) in [5, 5.41) is 23.9. The van der Waals surface area contributed by atoms with Gasteiger partial charge in [-0.1, -0.05) is 0 Å². The van der Waals surface area contributed by atoms with Gasteiger partial charge in [-0.25, -0.2) is 14.3 Å². The van der Waals surface area contributed by atoms with Crippen LogP contribution < -0.4 is 5.32 Å². The minimum atomic E-state index is -4.74. The van der Waals surface area contributed by atoms with Crippen molar-refractivity contribution in [3.05, 3.63) is 35.9 Å². The Hall–Kier alpha value is -3.39. The zero-order valence-corrected chi connectivity index (χ0v) is 18.6. The lowest BCUT2D eigenvalue weighted by Gasteiger charge is -2.41. The number of aromatic nitrogens is 5. The maximum absolute atomic E-state index is 13.5. The van der Waals surface area contributed by atoms with E-state index in [9.17, 15) is 23.1 Å². The molecule has 4 heterocycles. The van der Waals surface area contributed by atoms with Gasteiger partial charge in [-0.3, -0.25) is 10.00 Å². The highest BCUT2D eigenvalue weighted by molar-refractivity contribution is 5.72. The van der Waals surface area contributed by atoms with Crippen molar-refractivity contribution in [2.24, 2.45) is 0 Å². The molecule has 14 heteroatoms. The van der Waals surface area contributed by atoms with Gasteiger partial charge in [0.25, 0.3) is 0 Å². The molecule has 1 aliphatic rings. The summed E-state index contributed by atoms with van der Waals surface area (Å²) in [6.07, 6.45) is -3.73. The summed E-state index contributed by atoms with van der Waals surface area (Å²) in [6.45, 7) is 1.85. The number of fused-ring (bicyclic) bond motifs is 1. The fourth-order valence-electron chi connectivity index (χ4n) is 3.97. The van der Waals surface area contributed by atoms with E-state index >= 15 is 0 Å². The van der Waals surface area contributed by atoms with Crippen molar-refractivity contribution in [2.45, 2.75) is 50.7 Å². The predicted molar refractivity (Wildman–Crippen MR) is 113 cm³/mol. The van der Waals surface area contributed by atoms with Crippen molar-refractivity contribution >= 4 is 23.2 Å². The van der Waals surface area contributed by atoms with Crippen LogP contribution >= 0.6 is 0 Å². The normalized spacial score (nSPS) is 19.0. The smallest absolute Gasteiger partial charge is 0.411 e. The molecule has 2 atom stereocenters. The molecule has 184 valence electrons. The van der Waals surface area contributed by atoms with Gasteiger partial charge in [0.15, 0.2) is 11.6 Å². The minimum Gasteiger partial charge on any atom is -0.465 e. The number of halogens is 3. The molecule has 34 heavy (non-hydrogen) atoms. The van der Waals surface area contributed by atoms with Gasteiger partial charge in [0.05, 0.1) is 30.6 Å². The first-order valence-corrected chi connectivity index (χ1v) is 10.4. The number of hydrogen-bond acceptors (Lipinski definition) is 7. The number of anilines is 2. The third kappa shape index (κ3) is 4.37. The molecule has 0 aromatic carbocycles. The molecule has 3 N–H and O–H groups in total. The highest BCUT2D eigenvalue weighted by Crippen LogP contribution is 2.40. The first-order valence-electron chi connectivity index (χ1n) is 10.4. The Morgan fingerprint density at radius 1 is 1.41 bits per heavy atom. The third-order valence-corrected chi connectivity index (χ3v) is 5.77. The number of nitrogens with zero attached hydrogens (tertiary/aromatic N) is 5. The molecule has 0 saturated carbocycles. The van der Waals surface area contributed by atoms with Crippen LogP contribution in [0, 0.1) is 0 Å². The fraction of sp³-hybridized carbons (Fsp3) is 0.500. The molecule has 3 aromatic rings. The van der Waals surface area contributed by atoms with E-state index in [1.807, 2.05) is 6.07 Å². The molecule has 0 spiro atoms. The predicted octanol–water partition coefficient (Wildman–Crippen LogP) is 3.49. The van der Waals surface area contributed by atoms with Gasteiger partial charge in [-0.15, -0.1) is 0 Å². The van der Waals surface area contributed by atoms with E-state index in [-0.39, 0.29) is 13.0 Å². The van der Waals surface area contributed by atoms with Gasteiger partial charge in [0, 0.05) is 32.0 Å². The summed E-state index contributed by atoms with van der Waals surface area (Å²) in [5.74, 6) is 0.896. The molecule has 1 amide bonds. The number of H-pyrrole nitrogens is 1. The quantitative estimate of drug-likeness (QED) is 0.466. The molecular formula is C20H24F3N7O4. The number of rotatable bonds is 7. The summed E-state index contributed by atoms with van der Waals surface area (Å²) in [7, 11) is 1.57. The Morgan fingerprint density at radius 2 is 2.18 bits per heavy atom. The standard InChI is InChI=1S/C20H24F3N7O4/c1-19(2,20(21,22)23)30(18(31)32)12-7-15(34-10-12)13-8-16(27-26-13)25-17-14-6-11(9-33-3)28-29(14)5-4-24-17/h4-6,8,12,15H,7,9-10H2,1-3H3,(H,31,32)(H2,24,25,26,27). The molecule has 0 aliphatic carbocycles. The lowest BCUT2D eigenvalue weighted by atomic mass is 9.98. The van der Waals surface area contributed by atoms with Crippen LogP contribution in [0.25, 0.3) is 5.52 Å². The monoisotopic (exact) mass is 483 g/mol. The van der Waals surface area contributed by atoms with Gasteiger partial charge < -0.3 is 19.9 Å². The van der Waals surface area contributed by atoms with E-state index in [1.165, 1.54) is 0 Å². The Balaban J connectivity index is 1.49. The number of carboxylic acid groups (broad SMARTS) is 1. The molecule has 1 aliphatic heterocycles. The average molecular weight is 483 g/mol. The van der Waals surface area contributed by atoms with Crippen LogP contribution in [-0.4, -0.2) is 72.4 Å². The Bertz CT molecular complexity index is 1180. The Morgan fingerprint density at radius 3 is 2.85 bits per heavy atom. The zero-order chi connectivity index (χ0) is 24.7. The van der Waals surface area contributed by atoms with Gasteiger partial charge in [0.1, 0.15) is 17.2 Å². The topological polar surface area (TPSA) is 130 Å². The molecule has 0 bridgehead atoms. The number of nitrogens with one attached hydrogen (secondary N) is 2. The van der Waals surface area contributed by atoms with Gasteiger partial charge >= 0.3 is 12.3 Å². The largest absolute Gasteiger partial charge is 0.465 e. The van der Waals surface area contributed by atoms with Crippen LogP contribution in [0.3, 0.4) is 0 Å². The number of alkyl halides is 3. The first kappa shape index (κ1) is 23.8. The van der Waals surface area contributed by atoms with E-state index in [4.69, 9.17) is 9.47 Å². The molecule has 0 radical (unpaired) electrons. The SMILES string of the molecule is COCc1cc2c(Nc3cc(C4CC(N(C(=O)O)C(C)(C)C(F)(F)F)CO4)[nH]n3)nccn2n1. The van der Waals surface area contributed by atoms with Crippen LogP contribution in [0.2, 0.25) is 0 Å². The van der Waals surface area contributed by atoms with Crippen LogP contribution in [0.15, 0.2) is 24.5 Å². The molecular weight excluding hydrogens is 459 g/mol. The number of aromatic amines is 1. The molecule has 1 fully saturated rings.